The lowest BCUT2D eigenvalue weighted by Crippen LogP contribution is -2.43. The number of rotatable bonds is 3. The largest absolute Gasteiger partial charge is 0.462 e. The molecule has 1 unspecified atom stereocenters. The molecule has 2 saturated carbocycles. The lowest BCUT2D eigenvalue weighted by Gasteiger charge is -2.45. The third-order valence-corrected chi connectivity index (χ3v) is 5.30. The van der Waals surface area contributed by atoms with Gasteiger partial charge >= 0.3 is 5.97 Å². The summed E-state index contributed by atoms with van der Waals surface area (Å²) in [5, 5.41) is 0. The quantitative estimate of drug-likeness (QED) is 0.573. The molecule has 0 aromatic heterocycles. The lowest BCUT2D eigenvalue weighted by molar-refractivity contribution is -0.155. The standard InChI is InChI=1S/C15H24O3/c1-10(9-16)12-6-7-13-14(18-11(2)17)5-4-8-15(12,13)3/h9-10,12-14H,4-8H2,1-3H3/t10-,12-,13?,14+,15-/m1/s1. The van der Waals surface area contributed by atoms with Crippen LogP contribution in [0.2, 0.25) is 0 Å². The molecule has 2 fully saturated rings. The van der Waals surface area contributed by atoms with Crippen LogP contribution in [0.4, 0.5) is 0 Å². The molecule has 2 aliphatic carbocycles. The van der Waals surface area contributed by atoms with Crippen LogP contribution in [0.15, 0.2) is 0 Å². The van der Waals surface area contributed by atoms with Crippen molar-refractivity contribution in [2.24, 2.45) is 23.2 Å². The van der Waals surface area contributed by atoms with Crippen molar-refractivity contribution >= 4 is 12.3 Å². The van der Waals surface area contributed by atoms with E-state index < -0.39 is 0 Å². The first-order chi connectivity index (χ1) is 8.49. The first-order valence-electron chi connectivity index (χ1n) is 7.11. The summed E-state index contributed by atoms with van der Waals surface area (Å²) in [7, 11) is 0. The van der Waals surface area contributed by atoms with E-state index in [0.717, 1.165) is 38.4 Å². The van der Waals surface area contributed by atoms with Crippen molar-refractivity contribution in [3.63, 3.8) is 0 Å². The van der Waals surface area contributed by atoms with Crippen LogP contribution in [0.5, 0.6) is 0 Å². The Balaban J connectivity index is 2.17. The Morgan fingerprint density at radius 3 is 2.72 bits per heavy atom. The van der Waals surface area contributed by atoms with Crippen LogP contribution in [0.3, 0.4) is 0 Å². The van der Waals surface area contributed by atoms with Crippen LogP contribution in [-0.4, -0.2) is 18.4 Å². The summed E-state index contributed by atoms with van der Waals surface area (Å²) in [6.07, 6.45) is 6.61. The normalized spacial score (nSPS) is 40.9. The second-order valence-electron chi connectivity index (χ2n) is 6.33. The molecule has 3 heteroatoms. The van der Waals surface area contributed by atoms with E-state index in [1.54, 1.807) is 0 Å². The minimum absolute atomic E-state index is 0.0742. The zero-order valence-corrected chi connectivity index (χ0v) is 11.6. The van der Waals surface area contributed by atoms with Crippen LogP contribution in [0, 0.1) is 23.2 Å². The number of carbonyl (C=O) groups is 2. The molecule has 0 heterocycles. The third-order valence-electron chi connectivity index (χ3n) is 5.30. The predicted octanol–water partition coefficient (Wildman–Crippen LogP) is 2.97. The average Bonchev–Trinajstić information content (AvgIpc) is 2.66. The fourth-order valence-corrected chi connectivity index (χ4v) is 4.47. The Hall–Kier alpha value is -0.860. The Kier molecular flexibility index (Phi) is 3.79. The first kappa shape index (κ1) is 13.6. The van der Waals surface area contributed by atoms with Crippen molar-refractivity contribution < 1.29 is 14.3 Å². The third kappa shape index (κ3) is 2.19. The molecule has 0 aliphatic heterocycles. The zero-order chi connectivity index (χ0) is 13.3. The molecule has 0 aromatic carbocycles. The summed E-state index contributed by atoms with van der Waals surface area (Å²) in [6, 6.07) is 0. The molecule has 0 saturated heterocycles. The fraction of sp³-hybridized carbons (Fsp3) is 0.867. The number of hydrogen-bond acceptors (Lipinski definition) is 3. The summed E-state index contributed by atoms with van der Waals surface area (Å²) in [4.78, 5) is 22.3. The Morgan fingerprint density at radius 1 is 1.39 bits per heavy atom. The van der Waals surface area contributed by atoms with Gasteiger partial charge in [-0.15, -0.1) is 0 Å². The zero-order valence-electron chi connectivity index (χ0n) is 11.6. The molecule has 0 N–H and O–H groups in total. The molecule has 18 heavy (non-hydrogen) atoms. The minimum Gasteiger partial charge on any atom is -0.462 e. The lowest BCUT2D eigenvalue weighted by atomic mass is 9.62. The second-order valence-corrected chi connectivity index (χ2v) is 6.33. The molecule has 102 valence electrons. The molecular weight excluding hydrogens is 228 g/mol. The van der Waals surface area contributed by atoms with Crippen molar-refractivity contribution in [3.05, 3.63) is 0 Å². The van der Waals surface area contributed by atoms with Gasteiger partial charge in [-0.1, -0.05) is 13.8 Å². The van der Waals surface area contributed by atoms with Gasteiger partial charge in [0.1, 0.15) is 12.4 Å². The first-order valence-corrected chi connectivity index (χ1v) is 7.11. The summed E-state index contributed by atoms with van der Waals surface area (Å²) in [6.45, 7) is 5.82. The Labute approximate surface area is 109 Å². The van der Waals surface area contributed by atoms with Gasteiger partial charge < -0.3 is 9.53 Å². The molecule has 2 aliphatic rings. The van der Waals surface area contributed by atoms with Crippen LogP contribution >= 0.6 is 0 Å². The van der Waals surface area contributed by atoms with Gasteiger partial charge in [0.2, 0.25) is 0 Å². The number of carbonyl (C=O) groups excluding carboxylic acids is 2. The summed E-state index contributed by atoms with van der Waals surface area (Å²) >= 11 is 0. The highest BCUT2D eigenvalue weighted by Gasteiger charge is 2.53. The van der Waals surface area contributed by atoms with Gasteiger partial charge in [0.25, 0.3) is 0 Å². The van der Waals surface area contributed by atoms with E-state index in [9.17, 15) is 9.59 Å². The van der Waals surface area contributed by atoms with Crippen molar-refractivity contribution in [1.29, 1.82) is 0 Å². The highest BCUT2D eigenvalue weighted by atomic mass is 16.5. The van der Waals surface area contributed by atoms with Gasteiger partial charge in [-0.25, -0.2) is 0 Å². The maximum absolute atomic E-state index is 11.2. The number of fused-ring (bicyclic) bond motifs is 1. The highest BCUT2D eigenvalue weighted by molar-refractivity contribution is 5.66. The second kappa shape index (κ2) is 5.02. The fourth-order valence-electron chi connectivity index (χ4n) is 4.47. The monoisotopic (exact) mass is 252 g/mol. The van der Waals surface area contributed by atoms with Gasteiger partial charge in [-0.2, -0.15) is 0 Å². The summed E-state index contributed by atoms with van der Waals surface area (Å²) in [5.41, 5.74) is 0.179. The van der Waals surface area contributed by atoms with E-state index in [4.69, 9.17) is 4.74 Å². The molecular formula is C15H24O3. The van der Waals surface area contributed by atoms with Crippen molar-refractivity contribution in [1.82, 2.24) is 0 Å². The van der Waals surface area contributed by atoms with Gasteiger partial charge in [0.15, 0.2) is 0 Å². The van der Waals surface area contributed by atoms with E-state index in [1.807, 2.05) is 6.92 Å². The van der Waals surface area contributed by atoms with Crippen LogP contribution in [0.1, 0.15) is 52.9 Å². The minimum atomic E-state index is -0.170. The predicted molar refractivity (Wildman–Crippen MR) is 69.0 cm³/mol. The van der Waals surface area contributed by atoms with Gasteiger partial charge in [0.05, 0.1) is 0 Å². The topological polar surface area (TPSA) is 43.4 Å². The number of ether oxygens (including phenoxy) is 1. The van der Waals surface area contributed by atoms with E-state index in [2.05, 4.69) is 6.92 Å². The van der Waals surface area contributed by atoms with Gasteiger partial charge in [-0.3, -0.25) is 4.79 Å². The molecule has 5 atom stereocenters. The van der Waals surface area contributed by atoms with Crippen LogP contribution in [0.25, 0.3) is 0 Å². The van der Waals surface area contributed by atoms with Crippen molar-refractivity contribution in [2.75, 3.05) is 0 Å². The molecule has 0 spiro atoms. The van der Waals surface area contributed by atoms with E-state index in [0.29, 0.717) is 11.8 Å². The van der Waals surface area contributed by atoms with E-state index in [-0.39, 0.29) is 23.4 Å². The maximum atomic E-state index is 11.2. The Morgan fingerprint density at radius 2 is 2.11 bits per heavy atom. The average molecular weight is 252 g/mol. The van der Waals surface area contributed by atoms with Crippen LogP contribution < -0.4 is 0 Å². The summed E-state index contributed by atoms with van der Waals surface area (Å²) in [5.74, 6) is 0.855. The van der Waals surface area contributed by atoms with E-state index in [1.165, 1.54) is 6.92 Å². The highest BCUT2D eigenvalue weighted by Crippen LogP contribution is 2.58. The molecule has 0 aromatic rings. The molecule has 0 amide bonds. The maximum Gasteiger partial charge on any atom is 0.302 e. The number of hydrogen-bond donors (Lipinski definition) is 0. The van der Waals surface area contributed by atoms with Gasteiger partial charge in [0, 0.05) is 18.8 Å². The Bertz CT molecular complexity index is 339. The molecule has 0 bridgehead atoms. The van der Waals surface area contributed by atoms with Gasteiger partial charge in [-0.05, 0) is 43.4 Å². The van der Waals surface area contributed by atoms with Crippen LogP contribution in [-0.2, 0) is 14.3 Å². The molecule has 0 radical (unpaired) electrons. The van der Waals surface area contributed by atoms with Crippen molar-refractivity contribution in [2.45, 2.75) is 59.0 Å². The molecule has 3 nitrogen and oxygen atoms in total. The summed E-state index contributed by atoms with van der Waals surface area (Å²) < 4.78 is 5.50. The smallest absolute Gasteiger partial charge is 0.302 e. The number of esters is 1. The SMILES string of the molecule is CC(=O)O[C@H]1CCC[C@@]2(C)C1CC[C@@H]2[C@H](C)C=O. The van der Waals surface area contributed by atoms with Crippen molar-refractivity contribution in [3.8, 4) is 0 Å². The molecule has 2 rings (SSSR count). The van der Waals surface area contributed by atoms with E-state index >= 15 is 0 Å². The number of aldehydes is 1.